The van der Waals surface area contributed by atoms with E-state index < -0.39 is 12.0 Å². The lowest BCUT2D eigenvalue weighted by atomic mass is 9.93. The Hall–Kier alpha value is -1.16. The van der Waals surface area contributed by atoms with E-state index in [2.05, 4.69) is 0 Å². The van der Waals surface area contributed by atoms with Crippen molar-refractivity contribution in [2.24, 2.45) is 5.73 Å². The van der Waals surface area contributed by atoms with Crippen molar-refractivity contribution < 1.29 is 13.9 Å². The Kier molecular flexibility index (Phi) is 3.53. The lowest BCUT2D eigenvalue weighted by molar-refractivity contribution is 0.147. The minimum atomic E-state index is -2.67. The van der Waals surface area contributed by atoms with Gasteiger partial charge in [-0.05, 0) is 38.8 Å². The van der Waals surface area contributed by atoms with Crippen LogP contribution >= 0.6 is 0 Å². The van der Waals surface area contributed by atoms with Crippen LogP contribution in [0.2, 0.25) is 0 Å². The number of rotatable bonds is 3. The number of benzene rings is 1. The first-order chi connectivity index (χ1) is 7.20. The molecule has 0 aliphatic heterocycles. The van der Waals surface area contributed by atoms with Crippen LogP contribution in [0, 0.1) is 6.92 Å². The molecule has 1 aromatic carbocycles. The number of phenols is 1. The summed E-state index contributed by atoms with van der Waals surface area (Å²) in [6.45, 7) is 5.30. The van der Waals surface area contributed by atoms with Crippen LogP contribution in [0.5, 0.6) is 5.75 Å². The maximum Gasteiger partial charge on any atom is 0.267 e. The van der Waals surface area contributed by atoms with Crippen molar-refractivity contribution in [2.75, 3.05) is 0 Å². The summed E-state index contributed by atoms with van der Waals surface area (Å²) in [6, 6.07) is 2.99. The number of nitrogens with two attached hydrogens (primary N) is 1. The van der Waals surface area contributed by atoms with Crippen LogP contribution in [0.15, 0.2) is 12.1 Å². The van der Waals surface area contributed by atoms with Crippen molar-refractivity contribution in [2.45, 2.75) is 39.2 Å². The molecule has 0 unspecified atom stereocenters. The number of aromatic hydroxyl groups is 1. The molecule has 0 saturated carbocycles. The predicted octanol–water partition coefficient (Wildman–Crippen LogP) is 2.92. The van der Waals surface area contributed by atoms with E-state index in [1.807, 2.05) is 0 Å². The normalized spacial score (nSPS) is 12.2. The van der Waals surface area contributed by atoms with Crippen molar-refractivity contribution in [3.05, 3.63) is 28.8 Å². The molecule has 0 spiro atoms. The molecular weight excluding hydrogens is 212 g/mol. The lowest BCUT2D eigenvalue weighted by Gasteiger charge is -2.20. The van der Waals surface area contributed by atoms with E-state index in [1.165, 1.54) is 6.07 Å². The second-order valence-corrected chi connectivity index (χ2v) is 4.83. The van der Waals surface area contributed by atoms with Crippen LogP contribution in [-0.4, -0.2) is 10.6 Å². The molecule has 0 aliphatic carbocycles. The Bertz CT molecular complexity index is 383. The van der Waals surface area contributed by atoms with Crippen LogP contribution in [0.3, 0.4) is 0 Å². The predicted molar refractivity (Wildman–Crippen MR) is 59.8 cm³/mol. The summed E-state index contributed by atoms with van der Waals surface area (Å²) < 4.78 is 25.3. The molecule has 1 rings (SSSR count). The quantitative estimate of drug-likeness (QED) is 0.837. The van der Waals surface area contributed by atoms with Gasteiger partial charge in [0.15, 0.2) is 0 Å². The largest absolute Gasteiger partial charge is 0.507 e. The third kappa shape index (κ3) is 3.17. The van der Waals surface area contributed by atoms with Crippen LogP contribution in [0.4, 0.5) is 8.78 Å². The highest BCUT2D eigenvalue weighted by Gasteiger charge is 2.20. The Morgan fingerprint density at radius 3 is 2.38 bits per heavy atom. The summed E-state index contributed by atoms with van der Waals surface area (Å²) >= 11 is 0. The van der Waals surface area contributed by atoms with E-state index in [0.29, 0.717) is 17.5 Å². The zero-order valence-electron chi connectivity index (χ0n) is 9.72. The third-order valence-corrected chi connectivity index (χ3v) is 2.24. The molecule has 0 radical (unpaired) electrons. The molecule has 0 saturated heterocycles. The van der Waals surface area contributed by atoms with Gasteiger partial charge in [-0.15, -0.1) is 0 Å². The van der Waals surface area contributed by atoms with Gasteiger partial charge in [0, 0.05) is 5.54 Å². The fourth-order valence-electron chi connectivity index (χ4n) is 1.68. The molecular formula is C12H17F2NO. The molecule has 16 heavy (non-hydrogen) atoms. The SMILES string of the molecule is Cc1cc(CC(C)(C)N)c(O)c(C(F)F)c1. The molecule has 0 heterocycles. The summed E-state index contributed by atoms with van der Waals surface area (Å²) in [5, 5.41) is 9.71. The minimum Gasteiger partial charge on any atom is -0.507 e. The van der Waals surface area contributed by atoms with Gasteiger partial charge in [-0.2, -0.15) is 0 Å². The van der Waals surface area contributed by atoms with Gasteiger partial charge in [-0.3, -0.25) is 0 Å². The van der Waals surface area contributed by atoms with Gasteiger partial charge in [0.05, 0.1) is 5.56 Å². The highest BCUT2D eigenvalue weighted by atomic mass is 19.3. The first-order valence-electron chi connectivity index (χ1n) is 5.10. The number of halogens is 2. The van der Waals surface area contributed by atoms with Gasteiger partial charge < -0.3 is 10.8 Å². The van der Waals surface area contributed by atoms with Gasteiger partial charge >= 0.3 is 0 Å². The monoisotopic (exact) mass is 229 g/mol. The zero-order valence-corrected chi connectivity index (χ0v) is 9.72. The summed E-state index contributed by atoms with van der Waals surface area (Å²) in [4.78, 5) is 0. The van der Waals surface area contributed by atoms with Crippen molar-refractivity contribution in [3.8, 4) is 5.75 Å². The molecule has 90 valence electrons. The molecule has 0 bridgehead atoms. The van der Waals surface area contributed by atoms with E-state index >= 15 is 0 Å². The van der Waals surface area contributed by atoms with Crippen LogP contribution in [0.1, 0.15) is 37.0 Å². The average molecular weight is 229 g/mol. The molecule has 4 heteroatoms. The maximum atomic E-state index is 12.6. The van der Waals surface area contributed by atoms with Gasteiger partial charge in [0.25, 0.3) is 6.43 Å². The molecule has 0 aliphatic rings. The van der Waals surface area contributed by atoms with E-state index in [9.17, 15) is 13.9 Å². The van der Waals surface area contributed by atoms with Crippen molar-refractivity contribution >= 4 is 0 Å². The van der Waals surface area contributed by atoms with Crippen LogP contribution in [-0.2, 0) is 6.42 Å². The summed E-state index contributed by atoms with van der Waals surface area (Å²) in [5.74, 6) is -0.334. The highest BCUT2D eigenvalue weighted by Crippen LogP contribution is 2.33. The van der Waals surface area contributed by atoms with Gasteiger partial charge in [0.1, 0.15) is 5.75 Å². The Morgan fingerprint density at radius 1 is 1.38 bits per heavy atom. The fraction of sp³-hybridized carbons (Fsp3) is 0.500. The molecule has 0 atom stereocenters. The molecule has 0 aromatic heterocycles. The van der Waals surface area contributed by atoms with Crippen molar-refractivity contribution in [1.82, 2.24) is 0 Å². The van der Waals surface area contributed by atoms with Crippen LogP contribution in [0.25, 0.3) is 0 Å². The number of hydrogen-bond acceptors (Lipinski definition) is 2. The maximum absolute atomic E-state index is 12.6. The van der Waals surface area contributed by atoms with Crippen molar-refractivity contribution in [3.63, 3.8) is 0 Å². The number of phenolic OH excluding ortho intramolecular Hbond substituents is 1. The van der Waals surface area contributed by atoms with Gasteiger partial charge in [-0.1, -0.05) is 11.6 Å². The van der Waals surface area contributed by atoms with E-state index in [1.54, 1.807) is 26.8 Å². The van der Waals surface area contributed by atoms with Gasteiger partial charge in [0.2, 0.25) is 0 Å². The molecule has 1 aromatic rings. The smallest absolute Gasteiger partial charge is 0.267 e. The zero-order chi connectivity index (χ0) is 12.5. The van der Waals surface area contributed by atoms with Crippen LogP contribution < -0.4 is 5.73 Å². The standard InChI is InChI=1S/C12H17F2NO/c1-7-4-8(6-12(2,3)15)10(16)9(5-7)11(13)14/h4-5,11,16H,6,15H2,1-3H3. The Morgan fingerprint density at radius 2 is 1.94 bits per heavy atom. The lowest BCUT2D eigenvalue weighted by Crippen LogP contribution is -2.34. The average Bonchev–Trinajstić information content (AvgIpc) is 2.07. The first-order valence-corrected chi connectivity index (χ1v) is 5.10. The fourth-order valence-corrected chi connectivity index (χ4v) is 1.68. The summed E-state index contributed by atoms with van der Waals surface area (Å²) in [6.07, 6.45) is -2.31. The molecule has 3 N–H and O–H groups in total. The number of aryl methyl sites for hydroxylation is 1. The van der Waals surface area contributed by atoms with E-state index in [4.69, 9.17) is 5.73 Å². The number of alkyl halides is 2. The Balaban J connectivity index is 3.19. The topological polar surface area (TPSA) is 46.2 Å². The summed E-state index contributed by atoms with van der Waals surface area (Å²) in [7, 11) is 0. The van der Waals surface area contributed by atoms with Crippen molar-refractivity contribution in [1.29, 1.82) is 0 Å². The van der Waals surface area contributed by atoms with E-state index in [0.717, 1.165) is 0 Å². The molecule has 2 nitrogen and oxygen atoms in total. The second-order valence-electron chi connectivity index (χ2n) is 4.83. The summed E-state index contributed by atoms with van der Waals surface area (Å²) in [5.41, 5.74) is 6.13. The highest BCUT2D eigenvalue weighted by molar-refractivity contribution is 5.44. The Labute approximate surface area is 94.1 Å². The second kappa shape index (κ2) is 4.37. The number of hydrogen-bond donors (Lipinski definition) is 2. The van der Waals surface area contributed by atoms with E-state index in [-0.39, 0.29) is 11.3 Å². The molecule has 0 amide bonds. The van der Waals surface area contributed by atoms with Gasteiger partial charge in [-0.25, -0.2) is 8.78 Å². The first kappa shape index (κ1) is 12.9. The minimum absolute atomic E-state index is 0.320. The molecule has 0 fully saturated rings. The third-order valence-electron chi connectivity index (χ3n) is 2.24.